The number of carbonyl (C=O) groups is 2. The fourth-order valence-electron chi connectivity index (χ4n) is 1.86. The summed E-state index contributed by atoms with van der Waals surface area (Å²) in [5.41, 5.74) is 1.03. The number of ketones is 1. The van der Waals surface area contributed by atoms with Crippen LogP contribution >= 0.6 is 34.8 Å². The molecule has 0 aliphatic carbocycles. The van der Waals surface area contributed by atoms with E-state index in [1.54, 1.807) is 42.5 Å². The minimum Gasteiger partial charge on any atom is -0.326 e. The van der Waals surface area contributed by atoms with Gasteiger partial charge in [0, 0.05) is 39.2 Å². The summed E-state index contributed by atoms with van der Waals surface area (Å²) < 4.78 is 0. The summed E-state index contributed by atoms with van der Waals surface area (Å²) in [6, 6.07) is 11.3. The zero-order valence-electron chi connectivity index (χ0n) is 11.4. The van der Waals surface area contributed by atoms with Gasteiger partial charge in [0.15, 0.2) is 5.78 Å². The number of rotatable bonds is 5. The first kappa shape index (κ1) is 16.8. The van der Waals surface area contributed by atoms with Gasteiger partial charge in [-0.25, -0.2) is 0 Å². The predicted molar refractivity (Wildman–Crippen MR) is 90.1 cm³/mol. The third-order valence-corrected chi connectivity index (χ3v) is 3.58. The van der Waals surface area contributed by atoms with Crippen molar-refractivity contribution in [2.75, 3.05) is 5.32 Å². The number of carbonyl (C=O) groups excluding carboxylic acids is 2. The van der Waals surface area contributed by atoms with E-state index < -0.39 is 0 Å². The molecular formula is C16H12Cl3NO2. The maximum atomic E-state index is 12.0. The van der Waals surface area contributed by atoms with Crippen LogP contribution in [-0.2, 0) is 4.79 Å². The average Bonchev–Trinajstić information content (AvgIpc) is 2.44. The third-order valence-electron chi connectivity index (χ3n) is 2.89. The summed E-state index contributed by atoms with van der Waals surface area (Å²) in [6.45, 7) is 0. The second-order valence-corrected chi connectivity index (χ2v) is 5.95. The molecule has 2 rings (SSSR count). The van der Waals surface area contributed by atoms with Crippen LogP contribution in [0.4, 0.5) is 5.69 Å². The molecule has 0 spiro atoms. The Bertz CT molecular complexity index is 679. The van der Waals surface area contributed by atoms with Gasteiger partial charge in [0.05, 0.1) is 0 Å². The lowest BCUT2D eigenvalue weighted by Crippen LogP contribution is -2.13. The maximum Gasteiger partial charge on any atom is 0.224 e. The summed E-state index contributed by atoms with van der Waals surface area (Å²) in [4.78, 5) is 23.8. The minimum atomic E-state index is -0.277. The fourth-order valence-corrected chi connectivity index (χ4v) is 2.51. The number of hydrogen-bond acceptors (Lipinski definition) is 2. The van der Waals surface area contributed by atoms with Crippen LogP contribution < -0.4 is 5.32 Å². The Balaban J connectivity index is 1.89. The van der Waals surface area contributed by atoms with Crippen molar-refractivity contribution in [1.29, 1.82) is 0 Å². The van der Waals surface area contributed by atoms with Gasteiger partial charge in [0.1, 0.15) is 0 Å². The van der Waals surface area contributed by atoms with Crippen molar-refractivity contribution < 1.29 is 9.59 Å². The Morgan fingerprint density at radius 2 is 1.41 bits per heavy atom. The Morgan fingerprint density at radius 3 is 2.00 bits per heavy atom. The van der Waals surface area contributed by atoms with Gasteiger partial charge in [0.2, 0.25) is 5.91 Å². The number of nitrogens with one attached hydrogen (secondary N) is 1. The van der Waals surface area contributed by atoms with Gasteiger partial charge in [-0.05, 0) is 42.5 Å². The first-order chi connectivity index (χ1) is 10.4. The minimum absolute atomic E-state index is 0.0750. The molecular weight excluding hydrogens is 345 g/mol. The summed E-state index contributed by atoms with van der Waals surface area (Å²) in [6.07, 6.45) is 0.188. The van der Waals surface area contributed by atoms with E-state index in [0.717, 1.165) is 0 Å². The molecule has 114 valence electrons. The Kier molecular flexibility index (Phi) is 5.83. The molecule has 3 nitrogen and oxygen atoms in total. The molecule has 0 bridgehead atoms. The highest BCUT2D eigenvalue weighted by Gasteiger charge is 2.10. The molecule has 22 heavy (non-hydrogen) atoms. The van der Waals surface area contributed by atoms with Crippen molar-refractivity contribution in [1.82, 2.24) is 0 Å². The normalized spacial score (nSPS) is 10.3. The SMILES string of the molecule is O=C(CCC(=O)c1ccc(Cl)cc1)Nc1cc(Cl)cc(Cl)c1. The van der Waals surface area contributed by atoms with Crippen molar-refractivity contribution in [2.45, 2.75) is 12.8 Å². The van der Waals surface area contributed by atoms with Crippen molar-refractivity contribution >= 4 is 52.2 Å². The van der Waals surface area contributed by atoms with Crippen LogP contribution in [0.2, 0.25) is 15.1 Å². The smallest absolute Gasteiger partial charge is 0.224 e. The number of benzene rings is 2. The van der Waals surface area contributed by atoms with Crippen LogP contribution in [0.1, 0.15) is 23.2 Å². The van der Waals surface area contributed by atoms with Crippen LogP contribution in [0, 0.1) is 0 Å². The topological polar surface area (TPSA) is 46.2 Å². The quantitative estimate of drug-likeness (QED) is 0.744. The Morgan fingerprint density at radius 1 is 0.818 bits per heavy atom. The van der Waals surface area contributed by atoms with Crippen molar-refractivity contribution in [3.63, 3.8) is 0 Å². The van der Waals surface area contributed by atoms with Crippen molar-refractivity contribution in [3.8, 4) is 0 Å². The van der Waals surface area contributed by atoms with E-state index in [-0.39, 0.29) is 24.5 Å². The molecule has 0 unspecified atom stereocenters. The molecule has 0 saturated carbocycles. The van der Waals surface area contributed by atoms with E-state index in [1.807, 2.05) is 0 Å². The van der Waals surface area contributed by atoms with Gasteiger partial charge in [0.25, 0.3) is 0 Å². The van der Waals surface area contributed by atoms with Crippen LogP contribution in [0.25, 0.3) is 0 Å². The number of amides is 1. The van der Waals surface area contributed by atoms with Crippen molar-refractivity contribution in [3.05, 3.63) is 63.1 Å². The zero-order valence-corrected chi connectivity index (χ0v) is 13.7. The molecule has 2 aromatic rings. The number of halogens is 3. The maximum absolute atomic E-state index is 12.0. The molecule has 0 aliphatic heterocycles. The summed E-state index contributed by atoms with van der Waals surface area (Å²) in [7, 11) is 0. The third kappa shape index (κ3) is 5.02. The molecule has 0 fully saturated rings. The first-order valence-corrected chi connectivity index (χ1v) is 7.62. The molecule has 0 aliphatic rings. The molecule has 0 aromatic heterocycles. The summed E-state index contributed by atoms with van der Waals surface area (Å²) >= 11 is 17.5. The number of anilines is 1. The summed E-state index contributed by atoms with van der Waals surface area (Å²) in [5.74, 6) is -0.392. The predicted octanol–water partition coefficient (Wildman–Crippen LogP) is 5.25. The van der Waals surface area contributed by atoms with E-state index in [1.165, 1.54) is 0 Å². The van der Waals surface area contributed by atoms with Gasteiger partial charge >= 0.3 is 0 Å². The zero-order chi connectivity index (χ0) is 16.1. The molecule has 0 heterocycles. The summed E-state index contributed by atoms with van der Waals surface area (Å²) in [5, 5.41) is 4.08. The Labute approximate surface area is 143 Å². The van der Waals surface area contributed by atoms with Gasteiger partial charge in [-0.1, -0.05) is 34.8 Å². The highest BCUT2D eigenvalue weighted by Crippen LogP contribution is 2.22. The largest absolute Gasteiger partial charge is 0.326 e. The standard InChI is InChI=1S/C16H12Cl3NO2/c17-11-3-1-10(2-4-11)15(21)5-6-16(22)20-14-8-12(18)7-13(19)9-14/h1-4,7-9H,5-6H2,(H,20,22). The highest BCUT2D eigenvalue weighted by atomic mass is 35.5. The van der Waals surface area contributed by atoms with Gasteiger partial charge in [-0.15, -0.1) is 0 Å². The highest BCUT2D eigenvalue weighted by molar-refractivity contribution is 6.35. The monoisotopic (exact) mass is 355 g/mol. The van der Waals surface area contributed by atoms with Gasteiger partial charge in [-0.3, -0.25) is 9.59 Å². The molecule has 0 radical (unpaired) electrons. The molecule has 2 aromatic carbocycles. The van der Waals surface area contributed by atoms with E-state index in [9.17, 15) is 9.59 Å². The van der Waals surface area contributed by atoms with Gasteiger partial charge in [-0.2, -0.15) is 0 Å². The fraction of sp³-hybridized carbons (Fsp3) is 0.125. The van der Waals surface area contributed by atoms with Crippen LogP contribution in [0.3, 0.4) is 0 Å². The molecule has 1 amide bonds. The average molecular weight is 357 g/mol. The second kappa shape index (κ2) is 7.63. The lowest BCUT2D eigenvalue weighted by molar-refractivity contribution is -0.116. The Hall–Kier alpha value is -1.55. The van der Waals surface area contributed by atoms with Crippen LogP contribution in [0.15, 0.2) is 42.5 Å². The molecule has 1 N–H and O–H groups in total. The second-order valence-electron chi connectivity index (χ2n) is 4.64. The lowest BCUT2D eigenvalue weighted by atomic mass is 10.1. The van der Waals surface area contributed by atoms with Gasteiger partial charge < -0.3 is 5.32 Å². The van der Waals surface area contributed by atoms with Crippen molar-refractivity contribution in [2.24, 2.45) is 0 Å². The molecule has 0 atom stereocenters. The van der Waals surface area contributed by atoms with E-state index >= 15 is 0 Å². The van der Waals surface area contributed by atoms with E-state index in [2.05, 4.69) is 5.32 Å². The van der Waals surface area contributed by atoms with E-state index in [0.29, 0.717) is 26.3 Å². The molecule has 0 saturated heterocycles. The van der Waals surface area contributed by atoms with E-state index in [4.69, 9.17) is 34.8 Å². The number of Topliss-reactive ketones (excluding diaryl/α,β-unsaturated/α-hetero) is 1. The van der Waals surface area contributed by atoms with Crippen LogP contribution in [-0.4, -0.2) is 11.7 Å². The van der Waals surface area contributed by atoms with Crippen LogP contribution in [0.5, 0.6) is 0 Å². The number of hydrogen-bond donors (Lipinski definition) is 1. The lowest BCUT2D eigenvalue weighted by Gasteiger charge is -2.06. The molecule has 6 heteroatoms. The first-order valence-electron chi connectivity index (χ1n) is 6.49.